The Balaban J connectivity index is 0.000000302. The summed E-state index contributed by atoms with van der Waals surface area (Å²) in [7, 11) is 1.67. The highest BCUT2D eigenvalue weighted by atomic mass is 16.5. The van der Waals surface area contributed by atoms with Crippen LogP contribution in [0.25, 0.3) is 0 Å². The van der Waals surface area contributed by atoms with Gasteiger partial charge in [0.25, 0.3) is 0 Å². The highest BCUT2D eigenvalue weighted by Crippen LogP contribution is 2.43. The first-order valence-electron chi connectivity index (χ1n) is 15.9. The minimum absolute atomic E-state index is 0.0689. The summed E-state index contributed by atoms with van der Waals surface area (Å²) in [6.45, 7) is 11.6. The van der Waals surface area contributed by atoms with Gasteiger partial charge in [0.05, 0.1) is 13.7 Å². The molecule has 0 aromatic heterocycles. The fourth-order valence-corrected chi connectivity index (χ4v) is 5.71. The summed E-state index contributed by atoms with van der Waals surface area (Å²) in [5, 5.41) is 20.0. The number of phenols is 2. The molecule has 0 amide bonds. The Kier molecular flexibility index (Phi) is 14.8. The van der Waals surface area contributed by atoms with Crippen LogP contribution >= 0.6 is 0 Å². The molecule has 226 valence electrons. The molecule has 4 heteroatoms. The Hall–Kier alpha value is -2.36. The Morgan fingerprint density at radius 3 is 1.85 bits per heavy atom. The molecule has 2 N–H and O–H groups in total. The third-order valence-electron chi connectivity index (χ3n) is 8.35. The zero-order valence-corrected chi connectivity index (χ0v) is 26.5. The Labute approximate surface area is 245 Å². The molecule has 3 rings (SSSR count). The van der Waals surface area contributed by atoms with E-state index in [9.17, 15) is 10.2 Å². The van der Waals surface area contributed by atoms with E-state index in [1.165, 1.54) is 77.0 Å². The van der Waals surface area contributed by atoms with Gasteiger partial charge in [-0.2, -0.15) is 0 Å². The van der Waals surface area contributed by atoms with Crippen LogP contribution < -0.4 is 9.47 Å². The normalized spacial score (nSPS) is 14.8. The van der Waals surface area contributed by atoms with E-state index in [0.29, 0.717) is 11.5 Å². The van der Waals surface area contributed by atoms with Crippen LogP contribution in [-0.4, -0.2) is 23.9 Å². The molecule has 0 bridgehead atoms. The monoisotopic (exact) mass is 554 g/mol. The van der Waals surface area contributed by atoms with E-state index >= 15 is 0 Å². The first kappa shape index (κ1) is 33.8. The largest absolute Gasteiger partial charge is 0.508 e. The van der Waals surface area contributed by atoms with Crippen molar-refractivity contribution in [3.05, 3.63) is 47.5 Å². The fourth-order valence-electron chi connectivity index (χ4n) is 5.71. The second-order valence-corrected chi connectivity index (χ2v) is 13.0. The van der Waals surface area contributed by atoms with Crippen molar-refractivity contribution in [2.24, 2.45) is 0 Å². The predicted molar refractivity (Wildman–Crippen MR) is 169 cm³/mol. The quantitative estimate of drug-likeness (QED) is 0.228. The second kappa shape index (κ2) is 17.5. The highest BCUT2D eigenvalue weighted by molar-refractivity contribution is 5.44. The van der Waals surface area contributed by atoms with E-state index in [1.807, 2.05) is 24.3 Å². The van der Waals surface area contributed by atoms with Gasteiger partial charge in [0.2, 0.25) is 0 Å². The molecule has 0 atom stereocenters. The number of hydrogen-bond acceptors (Lipinski definition) is 4. The maximum atomic E-state index is 9.99. The summed E-state index contributed by atoms with van der Waals surface area (Å²) >= 11 is 0. The van der Waals surface area contributed by atoms with Crippen molar-refractivity contribution < 1.29 is 19.7 Å². The van der Waals surface area contributed by atoms with E-state index in [0.717, 1.165) is 48.5 Å². The number of aromatic hydroxyl groups is 2. The molecule has 1 aliphatic rings. The van der Waals surface area contributed by atoms with E-state index in [-0.39, 0.29) is 10.8 Å². The van der Waals surface area contributed by atoms with Gasteiger partial charge in [-0.1, -0.05) is 112 Å². The SMILES string of the molecule is CCCCCCCCCCCCOc1ccc(O)c(C(C)(C)C)c1.COc1ccc(O)c(C2(C)CCCCC2)c1. The maximum absolute atomic E-state index is 9.99. The summed E-state index contributed by atoms with van der Waals surface area (Å²) in [5.41, 5.74) is 2.05. The molecule has 1 saturated carbocycles. The van der Waals surface area contributed by atoms with Gasteiger partial charge in [0.1, 0.15) is 23.0 Å². The van der Waals surface area contributed by atoms with Gasteiger partial charge < -0.3 is 19.7 Å². The Bertz CT molecular complexity index is 969. The van der Waals surface area contributed by atoms with Crippen molar-refractivity contribution >= 4 is 0 Å². The molecule has 0 spiro atoms. The average molecular weight is 555 g/mol. The molecule has 0 saturated heterocycles. The number of methoxy groups -OCH3 is 1. The predicted octanol–water partition coefficient (Wildman–Crippen LogP) is 10.6. The molecule has 0 heterocycles. The zero-order chi connectivity index (χ0) is 29.4. The van der Waals surface area contributed by atoms with Crippen LogP contribution in [0.2, 0.25) is 0 Å². The number of phenolic OH excluding ortho intramolecular Hbond substituents is 2. The third-order valence-corrected chi connectivity index (χ3v) is 8.35. The van der Waals surface area contributed by atoms with Crippen molar-refractivity contribution in [2.75, 3.05) is 13.7 Å². The van der Waals surface area contributed by atoms with Crippen LogP contribution in [0, 0.1) is 0 Å². The lowest BCUT2D eigenvalue weighted by Crippen LogP contribution is -2.25. The molecule has 0 radical (unpaired) electrons. The van der Waals surface area contributed by atoms with Crippen LogP contribution in [0.1, 0.15) is 142 Å². The van der Waals surface area contributed by atoms with Gasteiger partial charge in [0.15, 0.2) is 0 Å². The number of rotatable bonds is 14. The van der Waals surface area contributed by atoms with Crippen LogP contribution in [0.15, 0.2) is 36.4 Å². The van der Waals surface area contributed by atoms with E-state index in [1.54, 1.807) is 19.2 Å². The lowest BCUT2D eigenvalue weighted by atomic mass is 9.70. The third kappa shape index (κ3) is 11.6. The van der Waals surface area contributed by atoms with Crippen LogP contribution in [-0.2, 0) is 10.8 Å². The summed E-state index contributed by atoms with van der Waals surface area (Å²) in [5.74, 6) is 2.47. The molecule has 4 nitrogen and oxygen atoms in total. The highest BCUT2D eigenvalue weighted by Gasteiger charge is 2.31. The standard InChI is InChI=1S/C22H38O2.C14H20O2/c1-5-6-7-8-9-10-11-12-13-14-17-24-19-15-16-21(23)20(18-19)22(2,3)4;1-14(8-4-3-5-9-14)12-10-11(16-2)6-7-13(12)15/h15-16,18,23H,5-14,17H2,1-4H3;6-7,10,15H,3-5,8-9H2,1-2H3. The molecule has 2 aromatic carbocycles. The smallest absolute Gasteiger partial charge is 0.119 e. The lowest BCUT2D eigenvalue weighted by Gasteiger charge is -2.34. The average Bonchev–Trinajstić information content (AvgIpc) is 2.93. The molecule has 0 unspecified atom stereocenters. The maximum Gasteiger partial charge on any atom is 0.119 e. The van der Waals surface area contributed by atoms with Crippen LogP contribution in [0.4, 0.5) is 0 Å². The van der Waals surface area contributed by atoms with Gasteiger partial charge in [-0.3, -0.25) is 0 Å². The first-order chi connectivity index (χ1) is 19.1. The lowest BCUT2D eigenvalue weighted by molar-refractivity contribution is 0.302. The Morgan fingerprint density at radius 1 is 0.725 bits per heavy atom. The fraction of sp³-hybridized carbons (Fsp3) is 0.667. The zero-order valence-electron chi connectivity index (χ0n) is 26.5. The summed E-state index contributed by atoms with van der Waals surface area (Å²) in [6.07, 6.45) is 19.5. The van der Waals surface area contributed by atoms with Gasteiger partial charge in [-0.05, 0) is 66.5 Å². The van der Waals surface area contributed by atoms with E-state index < -0.39 is 0 Å². The summed E-state index contributed by atoms with van der Waals surface area (Å²) in [4.78, 5) is 0. The van der Waals surface area contributed by atoms with Crippen LogP contribution in [0.5, 0.6) is 23.0 Å². The topological polar surface area (TPSA) is 58.9 Å². The van der Waals surface area contributed by atoms with Crippen LogP contribution in [0.3, 0.4) is 0 Å². The summed E-state index contributed by atoms with van der Waals surface area (Å²) in [6, 6.07) is 11.1. The minimum Gasteiger partial charge on any atom is -0.508 e. The molecular weight excluding hydrogens is 496 g/mol. The number of benzene rings is 2. The molecule has 40 heavy (non-hydrogen) atoms. The molecule has 1 fully saturated rings. The number of hydrogen-bond donors (Lipinski definition) is 2. The molecule has 1 aliphatic carbocycles. The van der Waals surface area contributed by atoms with Gasteiger partial charge in [-0.25, -0.2) is 0 Å². The first-order valence-corrected chi connectivity index (χ1v) is 15.9. The molecule has 0 aliphatic heterocycles. The van der Waals surface area contributed by atoms with Crippen molar-refractivity contribution in [1.29, 1.82) is 0 Å². The summed E-state index contributed by atoms with van der Waals surface area (Å²) < 4.78 is 11.1. The Morgan fingerprint density at radius 2 is 1.27 bits per heavy atom. The van der Waals surface area contributed by atoms with Crippen molar-refractivity contribution in [1.82, 2.24) is 0 Å². The molecule has 2 aromatic rings. The van der Waals surface area contributed by atoms with Gasteiger partial charge in [0, 0.05) is 11.1 Å². The number of unbranched alkanes of at least 4 members (excludes halogenated alkanes) is 9. The number of ether oxygens (including phenoxy) is 2. The van der Waals surface area contributed by atoms with Gasteiger partial charge >= 0.3 is 0 Å². The van der Waals surface area contributed by atoms with E-state index in [2.05, 4.69) is 34.6 Å². The minimum atomic E-state index is -0.0689. The van der Waals surface area contributed by atoms with E-state index in [4.69, 9.17) is 9.47 Å². The van der Waals surface area contributed by atoms with Crippen molar-refractivity contribution in [2.45, 2.75) is 142 Å². The van der Waals surface area contributed by atoms with Gasteiger partial charge in [-0.15, -0.1) is 0 Å². The second-order valence-electron chi connectivity index (χ2n) is 13.0. The van der Waals surface area contributed by atoms with Crippen molar-refractivity contribution in [3.8, 4) is 23.0 Å². The van der Waals surface area contributed by atoms with Crippen molar-refractivity contribution in [3.63, 3.8) is 0 Å². The molecular formula is C36H58O4.